The summed E-state index contributed by atoms with van der Waals surface area (Å²) in [6, 6.07) is 13.3. The summed E-state index contributed by atoms with van der Waals surface area (Å²) in [4.78, 5) is 38.8. The number of thioether (sulfide) groups is 1. The van der Waals surface area contributed by atoms with E-state index in [4.69, 9.17) is 17.0 Å². The highest BCUT2D eigenvalue weighted by molar-refractivity contribution is 8.26. The maximum atomic E-state index is 12.7. The molecule has 34 heavy (non-hydrogen) atoms. The van der Waals surface area contributed by atoms with Crippen LogP contribution < -0.4 is 15.6 Å². The van der Waals surface area contributed by atoms with Crippen molar-refractivity contribution in [2.24, 2.45) is 0 Å². The molecule has 3 amide bonds. The number of carbonyl (C=O) groups is 3. The second kappa shape index (κ2) is 12.2. The maximum Gasteiger partial charge on any atom is 0.269 e. The molecule has 1 saturated heterocycles. The van der Waals surface area contributed by atoms with Crippen molar-refractivity contribution in [3.63, 3.8) is 0 Å². The molecule has 0 unspecified atom stereocenters. The van der Waals surface area contributed by atoms with Gasteiger partial charge < -0.3 is 9.84 Å². The Bertz CT molecular complexity index is 1100. The first kappa shape index (κ1) is 25.3. The van der Waals surface area contributed by atoms with Crippen LogP contribution in [0, 0.1) is 0 Å². The summed E-state index contributed by atoms with van der Waals surface area (Å²) in [6.07, 6.45) is 4.07. The van der Waals surface area contributed by atoms with Crippen LogP contribution in [0.2, 0.25) is 0 Å². The minimum absolute atomic E-state index is 0.0308. The van der Waals surface area contributed by atoms with Gasteiger partial charge in [0.2, 0.25) is 5.91 Å². The lowest BCUT2D eigenvalue weighted by atomic mass is 10.1. The molecule has 8 nitrogen and oxygen atoms in total. The van der Waals surface area contributed by atoms with Crippen LogP contribution in [0.15, 0.2) is 53.4 Å². The van der Waals surface area contributed by atoms with E-state index in [9.17, 15) is 19.5 Å². The quantitative estimate of drug-likeness (QED) is 0.209. The lowest BCUT2D eigenvalue weighted by Gasteiger charge is -2.14. The SMILES string of the molecule is COc1ccc(/C=C2\SC(=S)N(CCCCCC(=O)NNC(=O)c3cccc(O)c3)C2=O)cc1. The summed E-state index contributed by atoms with van der Waals surface area (Å²) in [5.74, 6) is -0.227. The number of rotatable bonds is 9. The molecule has 3 rings (SSSR count). The topological polar surface area (TPSA) is 108 Å². The van der Waals surface area contributed by atoms with Gasteiger partial charge in [0.15, 0.2) is 0 Å². The highest BCUT2D eigenvalue weighted by Gasteiger charge is 2.31. The maximum absolute atomic E-state index is 12.7. The number of aromatic hydroxyl groups is 1. The number of ether oxygens (including phenoxy) is 1. The van der Waals surface area contributed by atoms with Gasteiger partial charge in [-0.3, -0.25) is 30.1 Å². The van der Waals surface area contributed by atoms with E-state index in [2.05, 4.69) is 10.9 Å². The van der Waals surface area contributed by atoms with E-state index < -0.39 is 5.91 Å². The fraction of sp³-hybridized carbons (Fsp3) is 0.250. The number of carbonyl (C=O) groups excluding carboxylic acids is 3. The zero-order valence-electron chi connectivity index (χ0n) is 18.6. The Hall–Kier alpha value is -3.37. The number of hydrogen-bond acceptors (Lipinski definition) is 7. The van der Waals surface area contributed by atoms with Crippen molar-refractivity contribution < 1.29 is 24.2 Å². The molecular formula is C24H25N3O5S2. The molecular weight excluding hydrogens is 474 g/mol. The minimum atomic E-state index is -0.513. The molecule has 178 valence electrons. The Morgan fingerprint density at radius 2 is 1.88 bits per heavy atom. The predicted molar refractivity (Wildman–Crippen MR) is 135 cm³/mol. The predicted octanol–water partition coefficient (Wildman–Crippen LogP) is 3.62. The second-order valence-electron chi connectivity index (χ2n) is 7.47. The molecule has 1 heterocycles. The van der Waals surface area contributed by atoms with Crippen LogP contribution in [0.3, 0.4) is 0 Å². The van der Waals surface area contributed by atoms with E-state index in [1.54, 1.807) is 18.1 Å². The van der Waals surface area contributed by atoms with Crippen molar-refractivity contribution in [2.75, 3.05) is 13.7 Å². The van der Waals surface area contributed by atoms with E-state index in [1.807, 2.05) is 30.3 Å². The monoisotopic (exact) mass is 499 g/mol. The van der Waals surface area contributed by atoms with Gasteiger partial charge in [0.05, 0.1) is 12.0 Å². The summed E-state index contributed by atoms with van der Waals surface area (Å²) >= 11 is 6.65. The minimum Gasteiger partial charge on any atom is -0.508 e. The van der Waals surface area contributed by atoms with Gasteiger partial charge >= 0.3 is 0 Å². The molecule has 0 radical (unpaired) electrons. The molecule has 2 aromatic rings. The third-order valence-electron chi connectivity index (χ3n) is 5.00. The molecule has 1 fully saturated rings. The number of benzene rings is 2. The van der Waals surface area contributed by atoms with Gasteiger partial charge in [-0.1, -0.05) is 48.6 Å². The molecule has 0 saturated carbocycles. The first-order chi connectivity index (χ1) is 16.4. The number of phenols is 1. The van der Waals surface area contributed by atoms with Crippen molar-refractivity contribution >= 4 is 52.1 Å². The fourth-order valence-corrected chi connectivity index (χ4v) is 4.49. The smallest absolute Gasteiger partial charge is 0.269 e. The first-order valence-corrected chi connectivity index (χ1v) is 11.9. The van der Waals surface area contributed by atoms with Gasteiger partial charge in [0.25, 0.3) is 11.8 Å². The number of hydrazine groups is 1. The highest BCUT2D eigenvalue weighted by atomic mass is 32.2. The Morgan fingerprint density at radius 1 is 1.12 bits per heavy atom. The van der Waals surface area contributed by atoms with E-state index in [1.165, 1.54) is 30.0 Å². The Balaban J connectivity index is 1.36. The summed E-state index contributed by atoms with van der Waals surface area (Å²) in [6.45, 7) is 0.487. The number of nitrogens with zero attached hydrogens (tertiary/aromatic N) is 1. The van der Waals surface area contributed by atoms with Crippen LogP contribution in [0.25, 0.3) is 6.08 Å². The second-order valence-corrected chi connectivity index (χ2v) is 9.15. The van der Waals surface area contributed by atoms with Crippen LogP contribution in [-0.2, 0) is 9.59 Å². The van der Waals surface area contributed by atoms with Crippen molar-refractivity contribution in [2.45, 2.75) is 25.7 Å². The summed E-state index contributed by atoms with van der Waals surface area (Å²) in [5.41, 5.74) is 5.81. The van der Waals surface area contributed by atoms with Crippen molar-refractivity contribution in [3.8, 4) is 11.5 Å². The van der Waals surface area contributed by atoms with Crippen molar-refractivity contribution in [3.05, 3.63) is 64.6 Å². The Morgan fingerprint density at radius 3 is 2.59 bits per heavy atom. The van der Waals surface area contributed by atoms with Crippen LogP contribution in [-0.4, -0.2) is 45.7 Å². The van der Waals surface area contributed by atoms with Crippen LogP contribution >= 0.6 is 24.0 Å². The lowest BCUT2D eigenvalue weighted by molar-refractivity contribution is -0.123. The molecule has 0 spiro atoms. The molecule has 0 bridgehead atoms. The molecule has 0 aliphatic carbocycles. The van der Waals surface area contributed by atoms with Gasteiger partial charge in [-0.05, 0) is 54.8 Å². The van der Waals surface area contributed by atoms with Crippen LogP contribution in [0.5, 0.6) is 11.5 Å². The fourth-order valence-electron chi connectivity index (χ4n) is 3.18. The Kier molecular flexibility index (Phi) is 9.06. The number of nitrogens with one attached hydrogen (secondary N) is 2. The largest absolute Gasteiger partial charge is 0.508 e. The third-order valence-corrected chi connectivity index (χ3v) is 6.37. The molecule has 3 N–H and O–H groups in total. The third kappa shape index (κ3) is 7.06. The molecule has 1 aliphatic rings. The van der Waals surface area contributed by atoms with Gasteiger partial charge in [-0.15, -0.1) is 0 Å². The average molecular weight is 500 g/mol. The molecule has 0 aromatic heterocycles. The van der Waals surface area contributed by atoms with E-state index >= 15 is 0 Å². The number of phenolic OH excluding ortho intramolecular Hbond substituents is 1. The number of amides is 3. The summed E-state index contributed by atoms with van der Waals surface area (Å²) in [5, 5.41) is 9.41. The average Bonchev–Trinajstić information content (AvgIpc) is 3.10. The Labute approximate surface area is 207 Å². The normalized spacial score (nSPS) is 14.4. The van der Waals surface area contributed by atoms with Crippen molar-refractivity contribution in [1.29, 1.82) is 0 Å². The zero-order chi connectivity index (χ0) is 24.5. The van der Waals surface area contributed by atoms with E-state index in [0.717, 1.165) is 17.7 Å². The molecule has 0 atom stereocenters. The van der Waals surface area contributed by atoms with Gasteiger partial charge in [0.1, 0.15) is 15.8 Å². The molecule has 2 aromatic carbocycles. The van der Waals surface area contributed by atoms with Crippen molar-refractivity contribution in [1.82, 2.24) is 15.8 Å². The van der Waals surface area contributed by atoms with Crippen LogP contribution in [0.1, 0.15) is 41.6 Å². The summed E-state index contributed by atoms with van der Waals surface area (Å²) in [7, 11) is 1.60. The number of unbranched alkanes of at least 4 members (excludes halogenated alkanes) is 2. The first-order valence-electron chi connectivity index (χ1n) is 10.6. The highest BCUT2D eigenvalue weighted by Crippen LogP contribution is 2.33. The van der Waals surface area contributed by atoms with Gasteiger partial charge in [-0.25, -0.2) is 0 Å². The number of hydrogen-bond donors (Lipinski definition) is 3. The molecule has 1 aliphatic heterocycles. The van der Waals surface area contributed by atoms with Gasteiger partial charge in [0, 0.05) is 18.5 Å². The number of thiocarbonyl (C=S) groups is 1. The van der Waals surface area contributed by atoms with E-state index in [-0.39, 0.29) is 29.5 Å². The molecule has 10 heteroatoms. The zero-order valence-corrected chi connectivity index (χ0v) is 20.2. The van der Waals surface area contributed by atoms with Gasteiger partial charge in [-0.2, -0.15) is 0 Å². The standard InChI is InChI=1S/C24H25N3O5S2/c1-32-19-11-9-16(10-12-19)14-20-23(31)27(24(33)34-20)13-4-2-3-8-21(29)25-26-22(30)17-6-5-7-18(28)15-17/h5-7,9-12,14-15,28H,2-4,8,13H2,1H3,(H,25,29)(H,26,30)/b20-14-. The lowest BCUT2D eigenvalue weighted by Crippen LogP contribution is -2.41. The summed E-state index contributed by atoms with van der Waals surface area (Å²) < 4.78 is 5.67. The van der Waals surface area contributed by atoms with E-state index in [0.29, 0.717) is 28.6 Å². The number of methoxy groups -OCH3 is 1. The van der Waals surface area contributed by atoms with Crippen LogP contribution in [0.4, 0.5) is 0 Å².